The van der Waals surface area contributed by atoms with Gasteiger partial charge in [0.25, 0.3) is 0 Å². The molecule has 18 heavy (non-hydrogen) atoms. The molecule has 1 aromatic carbocycles. The average molecular weight is 266 g/mol. The van der Waals surface area contributed by atoms with Gasteiger partial charge in [-0.2, -0.15) is 0 Å². The molecular weight excluding hydrogens is 243 g/mol. The van der Waals surface area contributed by atoms with E-state index in [-0.39, 0.29) is 6.29 Å². The van der Waals surface area contributed by atoms with Gasteiger partial charge in [0.05, 0.1) is 0 Å². The molecule has 100 valence electrons. The van der Waals surface area contributed by atoms with Crippen LogP contribution >= 0.6 is 9.24 Å². The molecule has 0 aromatic heterocycles. The highest BCUT2D eigenvalue weighted by molar-refractivity contribution is 7.27. The van der Waals surface area contributed by atoms with Gasteiger partial charge in [-0.3, -0.25) is 0 Å². The van der Waals surface area contributed by atoms with E-state index >= 15 is 0 Å². The van der Waals surface area contributed by atoms with E-state index in [9.17, 15) is 0 Å². The lowest BCUT2D eigenvalue weighted by molar-refractivity contribution is -0.104. The van der Waals surface area contributed by atoms with Gasteiger partial charge in [0, 0.05) is 13.2 Å². The van der Waals surface area contributed by atoms with E-state index in [1.807, 2.05) is 19.9 Å². The van der Waals surface area contributed by atoms with Crippen molar-refractivity contribution in [2.45, 2.75) is 33.5 Å². The summed E-state index contributed by atoms with van der Waals surface area (Å²) in [5.41, 5.74) is 2.58. The van der Waals surface area contributed by atoms with Gasteiger partial charge in [-0.25, -0.2) is 0 Å². The summed E-state index contributed by atoms with van der Waals surface area (Å²) in [4.78, 5) is 0. The van der Waals surface area contributed by atoms with E-state index in [2.05, 4.69) is 40.4 Å². The van der Waals surface area contributed by atoms with E-state index in [0.717, 1.165) is 6.42 Å². The van der Waals surface area contributed by atoms with Crippen LogP contribution in [0, 0.1) is 0 Å². The minimum absolute atomic E-state index is 0.225. The molecule has 0 aliphatic heterocycles. The highest BCUT2D eigenvalue weighted by Crippen LogP contribution is 2.10. The molecule has 0 amide bonds. The third-order valence-corrected chi connectivity index (χ3v) is 3.17. The zero-order valence-corrected chi connectivity index (χ0v) is 12.6. The van der Waals surface area contributed by atoms with Crippen LogP contribution in [0.4, 0.5) is 0 Å². The Morgan fingerprint density at radius 2 is 1.83 bits per heavy atom. The molecule has 1 unspecified atom stereocenters. The molecule has 0 saturated heterocycles. The SMILES string of the molecule is CCOC(C=C(C)Cc1ccccc1P)OCC. The summed E-state index contributed by atoms with van der Waals surface area (Å²) in [5, 5.41) is 1.25. The summed E-state index contributed by atoms with van der Waals surface area (Å²) in [6.07, 6.45) is 2.76. The summed E-state index contributed by atoms with van der Waals surface area (Å²) < 4.78 is 11.0. The third kappa shape index (κ3) is 5.30. The molecule has 0 fully saturated rings. The van der Waals surface area contributed by atoms with Gasteiger partial charge < -0.3 is 9.47 Å². The Hall–Kier alpha value is -0.690. The van der Waals surface area contributed by atoms with E-state index in [4.69, 9.17) is 9.47 Å². The minimum atomic E-state index is -0.225. The second kappa shape index (κ2) is 8.42. The van der Waals surface area contributed by atoms with Crippen LogP contribution in [0.5, 0.6) is 0 Å². The standard InChI is InChI=1S/C15H23O2P/c1-4-16-15(17-5-2)11-12(3)10-13-8-6-7-9-14(13)18/h6-9,11,15H,4-5,10,18H2,1-3H3. The Morgan fingerprint density at radius 1 is 1.22 bits per heavy atom. The first-order valence-corrected chi connectivity index (χ1v) is 6.99. The van der Waals surface area contributed by atoms with Crippen LogP contribution in [0.1, 0.15) is 26.3 Å². The van der Waals surface area contributed by atoms with Gasteiger partial charge in [0.1, 0.15) is 0 Å². The molecule has 0 spiro atoms. The molecule has 0 heterocycles. The second-order valence-corrected chi connectivity index (χ2v) is 4.79. The fraction of sp³-hybridized carbons (Fsp3) is 0.467. The Bertz CT molecular complexity index is 382. The van der Waals surface area contributed by atoms with Crippen molar-refractivity contribution in [3.05, 3.63) is 41.5 Å². The zero-order valence-electron chi connectivity index (χ0n) is 11.5. The molecule has 0 bridgehead atoms. The van der Waals surface area contributed by atoms with Gasteiger partial charge in [0.2, 0.25) is 0 Å². The van der Waals surface area contributed by atoms with Crippen molar-refractivity contribution in [1.82, 2.24) is 0 Å². The Balaban J connectivity index is 2.67. The molecule has 0 radical (unpaired) electrons. The van der Waals surface area contributed by atoms with Gasteiger partial charge >= 0.3 is 0 Å². The summed E-state index contributed by atoms with van der Waals surface area (Å²) in [5.74, 6) is 0. The van der Waals surface area contributed by atoms with Gasteiger partial charge in [0.15, 0.2) is 6.29 Å². The number of ether oxygens (including phenoxy) is 2. The van der Waals surface area contributed by atoms with Gasteiger partial charge in [-0.05, 0) is 44.1 Å². The lowest BCUT2D eigenvalue weighted by atomic mass is 10.1. The summed E-state index contributed by atoms with van der Waals surface area (Å²) in [6.45, 7) is 7.39. The smallest absolute Gasteiger partial charge is 0.177 e. The average Bonchev–Trinajstić information content (AvgIpc) is 2.33. The molecule has 3 heteroatoms. The first kappa shape index (κ1) is 15.4. The highest BCUT2D eigenvalue weighted by Gasteiger charge is 2.05. The second-order valence-electron chi connectivity index (χ2n) is 4.17. The molecule has 1 rings (SSSR count). The normalized spacial score (nSPS) is 12.2. The van der Waals surface area contributed by atoms with Gasteiger partial charge in [-0.15, -0.1) is 9.24 Å². The van der Waals surface area contributed by atoms with Crippen molar-refractivity contribution in [3.8, 4) is 0 Å². The molecule has 1 atom stereocenters. The lowest BCUT2D eigenvalue weighted by Gasteiger charge is -2.14. The Labute approximate surface area is 113 Å². The molecule has 1 aromatic rings. The van der Waals surface area contributed by atoms with Gasteiger partial charge in [-0.1, -0.05) is 29.8 Å². The molecular formula is C15H23O2P. The summed E-state index contributed by atoms with van der Waals surface area (Å²) >= 11 is 0. The highest BCUT2D eigenvalue weighted by atomic mass is 31.0. The molecule has 0 aliphatic rings. The van der Waals surface area contributed by atoms with Crippen LogP contribution in [0.15, 0.2) is 35.9 Å². The number of rotatable bonds is 7. The van der Waals surface area contributed by atoms with Crippen LogP contribution in [0.25, 0.3) is 0 Å². The van der Waals surface area contributed by atoms with Crippen LogP contribution in [0.3, 0.4) is 0 Å². The van der Waals surface area contributed by atoms with Crippen LogP contribution in [-0.4, -0.2) is 19.5 Å². The van der Waals surface area contributed by atoms with Crippen molar-refractivity contribution in [2.24, 2.45) is 0 Å². The van der Waals surface area contributed by atoms with Crippen molar-refractivity contribution < 1.29 is 9.47 Å². The number of benzene rings is 1. The van der Waals surface area contributed by atoms with Crippen molar-refractivity contribution in [1.29, 1.82) is 0 Å². The van der Waals surface area contributed by atoms with Crippen molar-refractivity contribution in [3.63, 3.8) is 0 Å². The van der Waals surface area contributed by atoms with E-state index < -0.39 is 0 Å². The Kier molecular flexibility index (Phi) is 7.19. The largest absolute Gasteiger partial charge is 0.349 e. The fourth-order valence-corrected chi connectivity index (χ4v) is 2.07. The third-order valence-electron chi connectivity index (χ3n) is 2.61. The van der Waals surface area contributed by atoms with E-state index in [0.29, 0.717) is 13.2 Å². The van der Waals surface area contributed by atoms with E-state index in [1.165, 1.54) is 16.4 Å². The Morgan fingerprint density at radius 3 is 2.39 bits per heavy atom. The summed E-state index contributed by atoms with van der Waals surface area (Å²) in [7, 11) is 2.77. The maximum Gasteiger partial charge on any atom is 0.177 e. The maximum atomic E-state index is 5.52. The first-order valence-electron chi connectivity index (χ1n) is 6.41. The first-order chi connectivity index (χ1) is 8.67. The predicted octanol–water partition coefficient (Wildman–Crippen LogP) is 3.07. The maximum absolute atomic E-state index is 5.52. The monoisotopic (exact) mass is 266 g/mol. The summed E-state index contributed by atoms with van der Waals surface area (Å²) in [6, 6.07) is 8.37. The van der Waals surface area contributed by atoms with E-state index in [1.54, 1.807) is 0 Å². The topological polar surface area (TPSA) is 18.5 Å². The molecule has 0 aliphatic carbocycles. The van der Waals surface area contributed by atoms with Crippen molar-refractivity contribution in [2.75, 3.05) is 13.2 Å². The molecule has 2 nitrogen and oxygen atoms in total. The van der Waals surface area contributed by atoms with Crippen LogP contribution < -0.4 is 5.30 Å². The predicted molar refractivity (Wildman–Crippen MR) is 80.3 cm³/mol. The molecule has 0 N–H and O–H groups in total. The fourth-order valence-electron chi connectivity index (χ4n) is 1.76. The number of allylic oxidation sites excluding steroid dienone is 1. The number of hydrogen-bond acceptors (Lipinski definition) is 2. The quantitative estimate of drug-likeness (QED) is 0.429. The molecule has 0 saturated carbocycles. The van der Waals surface area contributed by atoms with Crippen LogP contribution in [-0.2, 0) is 15.9 Å². The van der Waals surface area contributed by atoms with Crippen LogP contribution in [0.2, 0.25) is 0 Å². The number of hydrogen-bond donors (Lipinski definition) is 0. The van der Waals surface area contributed by atoms with Crippen molar-refractivity contribution >= 4 is 14.5 Å². The lowest BCUT2D eigenvalue weighted by Crippen LogP contribution is -2.15. The minimum Gasteiger partial charge on any atom is -0.349 e. The zero-order chi connectivity index (χ0) is 13.4.